The summed E-state index contributed by atoms with van der Waals surface area (Å²) in [5, 5.41) is 4.10. The number of hydrogen-bond acceptors (Lipinski definition) is 3. The van der Waals surface area contributed by atoms with Crippen molar-refractivity contribution in [2.24, 2.45) is 7.05 Å². The van der Waals surface area contributed by atoms with Crippen LogP contribution in [0, 0.1) is 0 Å². The van der Waals surface area contributed by atoms with Crippen molar-refractivity contribution in [1.82, 2.24) is 14.8 Å². The number of piperazine rings is 1. The Morgan fingerprint density at radius 1 is 0.963 bits per heavy atom. The molecule has 5 nitrogen and oxygen atoms in total. The maximum atomic E-state index is 12.6. The molecule has 2 aromatic carbocycles. The van der Waals surface area contributed by atoms with Crippen molar-refractivity contribution < 1.29 is 4.79 Å². The van der Waals surface area contributed by atoms with Crippen LogP contribution in [0.1, 0.15) is 10.4 Å². The predicted octanol–water partition coefficient (Wildman–Crippen LogP) is 2.73. The van der Waals surface area contributed by atoms with Gasteiger partial charge in [0.05, 0.1) is 5.56 Å². The Morgan fingerprint density at radius 3 is 2.44 bits per heavy atom. The van der Waals surface area contributed by atoms with Crippen molar-refractivity contribution in [3.8, 4) is 0 Å². The molecule has 0 bridgehead atoms. The zero-order chi connectivity index (χ0) is 18.6. The third-order valence-corrected chi connectivity index (χ3v) is 5.35. The molecule has 0 radical (unpaired) electrons. The maximum Gasteiger partial charge on any atom is 0.253 e. The molecule has 1 saturated heterocycles. The summed E-state index contributed by atoms with van der Waals surface area (Å²) in [6.07, 6.45) is 1.92. The summed E-state index contributed by atoms with van der Waals surface area (Å²) in [7, 11) is 1.98. The Morgan fingerprint density at radius 2 is 1.67 bits per heavy atom. The van der Waals surface area contributed by atoms with Crippen LogP contribution in [0.4, 0.5) is 5.69 Å². The standard InChI is InChI=1S/C22H26N4O/c1-24-17-20(19-9-5-6-10-21(19)24)22(27)23-11-12-25-13-15-26(16-14-25)18-7-3-2-4-8-18/h2-10,17H,11-16H2,1H3,(H,23,27). The van der Waals surface area contributed by atoms with E-state index in [1.165, 1.54) is 5.69 Å². The molecule has 0 spiro atoms. The van der Waals surface area contributed by atoms with Gasteiger partial charge in [0.1, 0.15) is 0 Å². The van der Waals surface area contributed by atoms with Gasteiger partial charge < -0.3 is 14.8 Å². The van der Waals surface area contributed by atoms with Gasteiger partial charge in [-0.15, -0.1) is 0 Å². The minimum atomic E-state index is 0.00900. The van der Waals surface area contributed by atoms with Crippen molar-refractivity contribution in [3.63, 3.8) is 0 Å². The highest BCUT2D eigenvalue weighted by atomic mass is 16.1. The number of aromatic nitrogens is 1. The second kappa shape index (κ2) is 7.84. The molecule has 1 aliphatic rings. The summed E-state index contributed by atoms with van der Waals surface area (Å²) < 4.78 is 2.01. The maximum absolute atomic E-state index is 12.6. The van der Waals surface area contributed by atoms with E-state index in [4.69, 9.17) is 0 Å². The second-order valence-corrected chi connectivity index (χ2v) is 7.09. The first-order valence-corrected chi connectivity index (χ1v) is 9.57. The molecule has 3 aromatic rings. The Bertz CT molecular complexity index is 910. The molecule has 2 heterocycles. The second-order valence-electron chi connectivity index (χ2n) is 7.09. The van der Waals surface area contributed by atoms with Crippen LogP contribution in [0.5, 0.6) is 0 Å². The molecule has 4 rings (SSSR count). The summed E-state index contributed by atoms with van der Waals surface area (Å²) >= 11 is 0. The van der Waals surface area contributed by atoms with Crippen LogP contribution < -0.4 is 10.2 Å². The largest absolute Gasteiger partial charge is 0.369 e. The number of anilines is 1. The lowest BCUT2D eigenvalue weighted by Crippen LogP contribution is -2.48. The lowest BCUT2D eigenvalue weighted by Gasteiger charge is -2.36. The average molecular weight is 362 g/mol. The minimum Gasteiger partial charge on any atom is -0.369 e. The molecule has 5 heteroatoms. The van der Waals surface area contributed by atoms with Gasteiger partial charge >= 0.3 is 0 Å². The molecular formula is C22H26N4O. The van der Waals surface area contributed by atoms with Crippen LogP contribution >= 0.6 is 0 Å². The van der Waals surface area contributed by atoms with E-state index in [9.17, 15) is 4.79 Å². The highest BCUT2D eigenvalue weighted by Gasteiger charge is 2.17. The molecule has 1 amide bonds. The fourth-order valence-electron chi connectivity index (χ4n) is 3.81. The van der Waals surface area contributed by atoms with Crippen LogP contribution in [0.25, 0.3) is 10.9 Å². The Kier molecular flexibility index (Phi) is 5.12. The molecule has 0 atom stereocenters. The Hall–Kier alpha value is -2.79. The van der Waals surface area contributed by atoms with Gasteiger partial charge in [0.2, 0.25) is 0 Å². The number of fused-ring (bicyclic) bond motifs is 1. The number of nitrogens with zero attached hydrogens (tertiary/aromatic N) is 3. The van der Waals surface area contributed by atoms with Crippen LogP contribution in [-0.4, -0.2) is 54.6 Å². The molecule has 1 N–H and O–H groups in total. The molecular weight excluding hydrogens is 336 g/mol. The molecule has 140 valence electrons. The molecule has 1 aromatic heterocycles. The van der Waals surface area contributed by atoms with Gasteiger partial charge in [-0.05, 0) is 18.2 Å². The Labute approximate surface area is 160 Å². The van der Waals surface area contributed by atoms with Crippen molar-refractivity contribution in [3.05, 3.63) is 66.4 Å². The van der Waals surface area contributed by atoms with Crippen LogP contribution in [0.2, 0.25) is 0 Å². The number of aryl methyl sites for hydroxylation is 1. The first-order valence-electron chi connectivity index (χ1n) is 9.57. The molecule has 27 heavy (non-hydrogen) atoms. The van der Waals surface area contributed by atoms with Gasteiger partial charge in [-0.25, -0.2) is 0 Å². The summed E-state index contributed by atoms with van der Waals surface area (Å²) in [5.74, 6) is 0.00900. The van der Waals surface area contributed by atoms with Gasteiger partial charge in [0.15, 0.2) is 0 Å². The van der Waals surface area contributed by atoms with Crippen LogP contribution in [0.15, 0.2) is 60.8 Å². The molecule has 0 aliphatic carbocycles. The number of carbonyl (C=O) groups excluding carboxylic acids is 1. The summed E-state index contributed by atoms with van der Waals surface area (Å²) in [5.41, 5.74) is 3.13. The summed E-state index contributed by atoms with van der Waals surface area (Å²) in [6.45, 7) is 5.67. The van der Waals surface area contributed by atoms with Crippen molar-refractivity contribution in [2.45, 2.75) is 0 Å². The van der Waals surface area contributed by atoms with Crippen molar-refractivity contribution >= 4 is 22.5 Å². The van der Waals surface area contributed by atoms with Gasteiger partial charge in [-0.2, -0.15) is 0 Å². The third-order valence-electron chi connectivity index (χ3n) is 5.35. The topological polar surface area (TPSA) is 40.5 Å². The van der Waals surface area contributed by atoms with E-state index in [2.05, 4.69) is 45.4 Å². The predicted molar refractivity (Wildman–Crippen MR) is 110 cm³/mol. The van der Waals surface area contributed by atoms with Gasteiger partial charge in [0, 0.05) is 69.1 Å². The van der Waals surface area contributed by atoms with E-state index in [1.54, 1.807) is 0 Å². The Balaban J connectivity index is 1.27. The molecule has 0 unspecified atom stereocenters. The monoisotopic (exact) mass is 362 g/mol. The molecule has 1 fully saturated rings. The first kappa shape index (κ1) is 17.6. The lowest BCUT2D eigenvalue weighted by atomic mass is 10.1. The number of amides is 1. The quantitative estimate of drug-likeness (QED) is 0.759. The van der Waals surface area contributed by atoms with Gasteiger partial charge in [-0.1, -0.05) is 36.4 Å². The highest BCUT2D eigenvalue weighted by Crippen LogP contribution is 2.20. The average Bonchev–Trinajstić information content (AvgIpc) is 3.06. The zero-order valence-electron chi connectivity index (χ0n) is 15.8. The van der Waals surface area contributed by atoms with E-state index in [-0.39, 0.29) is 5.91 Å². The van der Waals surface area contributed by atoms with E-state index in [0.29, 0.717) is 6.54 Å². The molecule has 0 saturated carbocycles. The zero-order valence-corrected chi connectivity index (χ0v) is 15.8. The van der Waals surface area contributed by atoms with Crippen molar-refractivity contribution in [1.29, 1.82) is 0 Å². The highest BCUT2D eigenvalue weighted by molar-refractivity contribution is 6.06. The number of hydrogen-bond donors (Lipinski definition) is 1. The molecule has 1 aliphatic heterocycles. The SMILES string of the molecule is Cn1cc(C(=O)NCCN2CCN(c3ccccc3)CC2)c2ccccc21. The minimum absolute atomic E-state index is 0.00900. The van der Waals surface area contributed by atoms with Crippen LogP contribution in [0.3, 0.4) is 0 Å². The smallest absolute Gasteiger partial charge is 0.253 e. The number of nitrogens with one attached hydrogen (secondary N) is 1. The number of para-hydroxylation sites is 2. The van der Waals surface area contributed by atoms with Gasteiger partial charge in [0.25, 0.3) is 5.91 Å². The van der Waals surface area contributed by atoms with Crippen molar-refractivity contribution in [2.75, 3.05) is 44.2 Å². The number of rotatable bonds is 5. The normalized spacial score (nSPS) is 15.2. The fraction of sp³-hybridized carbons (Fsp3) is 0.318. The number of benzene rings is 2. The van der Waals surface area contributed by atoms with E-state index in [0.717, 1.165) is 49.2 Å². The lowest BCUT2D eigenvalue weighted by molar-refractivity contribution is 0.0949. The van der Waals surface area contributed by atoms with E-state index in [1.807, 2.05) is 42.1 Å². The van der Waals surface area contributed by atoms with E-state index >= 15 is 0 Å². The number of carbonyl (C=O) groups is 1. The summed E-state index contributed by atoms with van der Waals surface area (Å²) in [4.78, 5) is 17.4. The fourth-order valence-corrected chi connectivity index (χ4v) is 3.81. The van der Waals surface area contributed by atoms with E-state index < -0.39 is 0 Å². The third kappa shape index (κ3) is 3.83. The van der Waals surface area contributed by atoms with Gasteiger partial charge in [-0.3, -0.25) is 9.69 Å². The summed E-state index contributed by atoms with van der Waals surface area (Å²) in [6, 6.07) is 18.6. The van der Waals surface area contributed by atoms with Crippen LogP contribution in [-0.2, 0) is 7.05 Å². The first-order chi connectivity index (χ1) is 13.2.